The number of unbranched alkanes of at least 4 members (excludes halogenated alkanes) is 8. The molecule has 0 saturated heterocycles. The lowest BCUT2D eigenvalue weighted by Crippen LogP contribution is -2.05. The van der Waals surface area contributed by atoms with Gasteiger partial charge in [0.25, 0.3) is 0 Å². The first kappa shape index (κ1) is 19.4. The zero-order valence-corrected chi connectivity index (χ0v) is 13.3. The fourth-order valence-corrected chi connectivity index (χ4v) is 2.29. The zero-order chi connectivity index (χ0) is 14.9. The summed E-state index contributed by atoms with van der Waals surface area (Å²) in [6.45, 7) is 2.25. The van der Waals surface area contributed by atoms with Crippen LogP contribution in [0.1, 0.15) is 90.4 Å². The molecule has 117 valence electrons. The van der Waals surface area contributed by atoms with Gasteiger partial charge >= 0.3 is 0 Å². The molecule has 0 heterocycles. The molecule has 0 fully saturated rings. The number of aliphatic hydroxyl groups excluding tert-OH is 1. The van der Waals surface area contributed by atoms with Crippen LogP contribution in [0.15, 0.2) is 12.2 Å². The Morgan fingerprint density at radius 1 is 0.900 bits per heavy atom. The van der Waals surface area contributed by atoms with Crippen molar-refractivity contribution in [3.05, 3.63) is 12.2 Å². The van der Waals surface area contributed by atoms with Crippen molar-refractivity contribution in [2.75, 3.05) is 0 Å². The predicted octanol–water partition coefficient (Wildman–Crippen LogP) is 5.10. The van der Waals surface area contributed by atoms with Crippen LogP contribution in [0.5, 0.6) is 0 Å². The smallest absolute Gasteiger partial charge is 0.198 e. The summed E-state index contributed by atoms with van der Waals surface area (Å²) in [4.78, 5) is 10.0. The van der Waals surface area contributed by atoms with Gasteiger partial charge in [-0.05, 0) is 38.5 Å². The molecule has 2 nitrogen and oxygen atoms in total. The van der Waals surface area contributed by atoms with Gasteiger partial charge in [-0.3, -0.25) is 4.79 Å². The molecule has 0 aromatic heterocycles. The summed E-state index contributed by atoms with van der Waals surface area (Å²) >= 11 is 0. The molecule has 2 heteroatoms. The SMILES string of the molecule is CCCCCCCC/C=C\CCCCC(O)CC[C]=O. The Morgan fingerprint density at radius 2 is 1.50 bits per heavy atom. The van der Waals surface area contributed by atoms with Crippen molar-refractivity contribution in [3.8, 4) is 0 Å². The van der Waals surface area contributed by atoms with Gasteiger partial charge in [0.15, 0.2) is 6.29 Å². The molecule has 0 aliphatic rings. The van der Waals surface area contributed by atoms with E-state index in [-0.39, 0.29) is 6.10 Å². The molecule has 1 radical (unpaired) electrons. The Kier molecular flexibility index (Phi) is 15.9. The normalized spacial score (nSPS) is 12.9. The van der Waals surface area contributed by atoms with Crippen molar-refractivity contribution in [1.29, 1.82) is 0 Å². The van der Waals surface area contributed by atoms with Crippen molar-refractivity contribution >= 4 is 6.29 Å². The lowest BCUT2D eigenvalue weighted by molar-refractivity contribution is 0.153. The maximum atomic E-state index is 10.0. The average Bonchev–Trinajstić information content (AvgIpc) is 2.46. The average molecular weight is 281 g/mol. The molecule has 20 heavy (non-hydrogen) atoms. The van der Waals surface area contributed by atoms with E-state index in [0.29, 0.717) is 12.8 Å². The van der Waals surface area contributed by atoms with E-state index in [1.54, 1.807) is 0 Å². The summed E-state index contributed by atoms with van der Waals surface area (Å²) in [5.74, 6) is 0. The molecule has 0 bridgehead atoms. The third-order valence-electron chi connectivity index (χ3n) is 3.63. The van der Waals surface area contributed by atoms with Crippen LogP contribution in [0.3, 0.4) is 0 Å². The molecule has 0 aromatic carbocycles. The molecule has 1 N–H and O–H groups in total. The van der Waals surface area contributed by atoms with E-state index in [0.717, 1.165) is 25.7 Å². The maximum absolute atomic E-state index is 10.0. The Morgan fingerprint density at radius 3 is 2.15 bits per heavy atom. The highest BCUT2D eigenvalue weighted by molar-refractivity contribution is 5.50. The Balaban J connectivity index is 3.17. The van der Waals surface area contributed by atoms with Crippen molar-refractivity contribution in [3.63, 3.8) is 0 Å². The minimum Gasteiger partial charge on any atom is -0.393 e. The number of hydrogen-bond acceptors (Lipinski definition) is 2. The van der Waals surface area contributed by atoms with Gasteiger partial charge in [0, 0.05) is 6.42 Å². The van der Waals surface area contributed by atoms with Crippen molar-refractivity contribution in [2.45, 2.75) is 96.5 Å². The molecule has 0 spiro atoms. The van der Waals surface area contributed by atoms with E-state index in [9.17, 15) is 9.90 Å². The Bertz CT molecular complexity index is 223. The first-order chi connectivity index (χ1) is 9.81. The monoisotopic (exact) mass is 281 g/mol. The number of aliphatic hydroxyl groups is 1. The number of allylic oxidation sites excluding steroid dienone is 2. The third-order valence-corrected chi connectivity index (χ3v) is 3.63. The summed E-state index contributed by atoms with van der Waals surface area (Å²) in [7, 11) is 0. The van der Waals surface area contributed by atoms with E-state index in [2.05, 4.69) is 19.1 Å². The second-order valence-electron chi connectivity index (χ2n) is 5.65. The highest BCUT2D eigenvalue weighted by Gasteiger charge is 2.02. The molecular weight excluding hydrogens is 248 g/mol. The molecule has 0 amide bonds. The molecule has 0 saturated carbocycles. The molecule has 0 aromatic rings. The summed E-state index contributed by atoms with van der Waals surface area (Å²) in [5.41, 5.74) is 0. The van der Waals surface area contributed by atoms with Gasteiger partial charge in [-0.15, -0.1) is 0 Å². The third kappa shape index (κ3) is 15.4. The minimum absolute atomic E-state index is 0.316. The lowest BCUT2D eigenvalue weighted by Gasteiger charge is -2.06. The fraction of sp³-hybridized carbons (Fsp3) is 0.833. The fourth-order valence-electron chi connectivity index (χ4n) is 2.29. The highest BCUT2D eigenvalue weighted by atomic mass is 16.3. The number of rotatable bonds is 15. The largest absolute Gasteiger partial charge is 0.393 e. The van der Waals surface area contributed by atoms with Gasteiger partial charge in [-0.1, -0.05) is 57.6 Å². The molecular formula is C18H33O2. The van der Waals surface area contributed by atoms with E-state index >= 15 is 0 Å². The quantitative estimate of drug-likeness (QED) is 0.335. The lowest BCUT2D eigenvalue weighted by atomic mass is 10.1. The van der Waals surface area contributed by atoms with Crippen LogP contribution < -0.4 is 0 Å². The van der Waals surface area contributed by atoms with Crippen LogP contribution in [0.2, 0.25) is 0 Å². The van der Waals surface area contributed by atoms with E-state index in [1.165, 1.54) is 44.9 Å². The maximum Gasteiger partial charge on any atom is 0.198 e. The summed E-state index contributed by atoms with van der Waals surface area (Å²) in [5, 5.41) is 9.54. The van der Waals surface area contributed by atoms with E-state index in [4.69, 9.17) is 0 Å². The number of carbonyl (C=O) groups excluding carboxylic acids is 1. The summed E-state index contributed by atoms with van der Waals surface area (Å²) < 4.78 is 0. The molecule has 0 rings (SSSR count). The van der Waals surface area contributed by atoms with Crippen molar-refractivity contribution in [2.24, 2.45) is 0 Å². The van der Waals surface area contributed by atoms with Crippen LogP contribution in [0.25, 0.3) is 0 Å². The molecule has 1 unspecified atom stereocenters. The van der Waals surface area contributed by atoms with E-state index in [1.807, 2.05) is 6.29 Å². The topological polar surface area (TPSA) is 37.3 Å². The summed E-state index contributed by atoms with van der Waals surface area (Å²) in [6, 6.07) is 0. The van der Waals surface area contributed by atoms with Gasteiger partial charge in [0.1, 0.15) is 0 Å². The van der Waals surface area contributed by atoms with Crippen LogP contribution in [-0.2, 0) is 4.79 Å². The highest BCUT2D eigenvalue weighted by Crippen LogP contribution is 2.10. The Hall–Kier alpha value is -0.630. The van der Waals surface area contributed by atoms with Gasteiger partial charge in [-0.2, -0.15) is 0 Å². The first-order valence-electron chi connectivity index (χ1n) is 8.49. The van der Waals surface area contributed by atoms with Gasteiger partial charge in [-0.25, -0.2) is 0 Å². The molecule has 0 aliphatic carbocycles. The molecule has 1 atom stereocenters. The predicted molar refractivity (Wildman–Crippen MR) is 86.5 cm³/mol. The zero-order valence-electron chi connectivity index (χ0n) is 13.3. The van der Waals surface area contributed by atoms with Crippen LogP contribution >= 0.6 is 0 Å². The van der Waals surface area contributed by atoms with Crippen LogP contribution in [-0.4, -0.2) is 17.5 Å². The Labute approximate surface area is 125 Å². The van der Waals surface area contributed by atoms with E-state index < -0.39 is 0 Å². The second-order valence-corrected chi connectivity index (χ2v) is 5.65. The van der Waals surface area contributed by atoms with Crippen molar-refractivity contribution < 1.29 is 9.90 Å². The molecule has 0 aliphatic heterocycles. The standard InChI is InChI=1S/C18H33O2/c1-2-3-4-5-6-7-8-9-10-11-12-13-15-18(20)16-14-17-19/h9-10,18,20H,2-8,11-16H2,1H3/b10-9-. The summed E-state index contributed by atoms with van der Waals surface area (Å²) in [6.07, 6.45) is 20.5. The number of hydrogen-bond donors (Lipinski definition) is 1. The van der Waals surface area contributed by atoms with Gasteiger partial charge in [0.05, 0.1) is 6.10 Å². The van der Waals surface area contributed by atoms with Crippen LogP contribution in [0, 0.1) is 0 Å². The second kappa shape index (κ2) is 16.4. The van der Waals surface area contributed by atoms with Crippen molar-refractivity contribution in [1.82, 2.24) is 0 Å². The van der Waals surface area contributed by atoms with Gasteiger partial charge in [0.2, 0.25) is 0 Å². The van der Waals surface area contributed by atoms with Crippen LogP contribution in [0.4, 0.5) is 0 Å². The minimum atomic E-state index is -0.316. The first-order valence-corrected chi connectivity index (χ1v) is 8.49. The van der Waals surface area contributed by atoms with Gasteiger partial charge < -0.3 is 5.11 Å².